The zero-order valence-electron chi connectivity index (χ0n) is 8.50. The van der Waals surface area contributed by atoms with Gasteiger partial charge in [0.05, 0.1) is 19.0 Å². The Morgan fingerprint density at radius 3 is 2.38 bits per heavy atom. The number of hydrogen-bond acceptors (Lipinski definition) is 4. The van der Waals surface area contributed by atoms with Crippen molar-refractivity contribution in [2.75, 3.05) is 25.6 Å². The molecule has 0 aliphatic carbocycles. The lowest BCUT2D eigenvalue weighted by Gasteiger charge is -2.17. The fourth-order valence-corrected chi connectivity index (χ4v) is 0.730. The standard InChI is InChI=1S/C9H18O3S/c1-9(2,3)7-11-4-5-12-8(10)6-13/h13H,4-7H2,1-3H3. The van der Waals surface area contributed by atoms with Crippen LogP contribution in [0.15, 0.2) is 0 Å². The normalized spacial score (nSPS) is 11.4. The highest BCUT2D eigenvalue weighted by Crippen LogP contribution is 2.12. The van der Waals surface area contributed by atoms with Gasteiger partial charge in [-0.1, -0.05) is 20.8 Å². The Bertz CT molecular complexity index is 151. The van der Waals surface area contributed by atoms with E-state index in [1.165, 1.54) is 0 Å². The van der Waals surface area contributed by atoms with Crippen molar-refractivity contribution in [3.05, 3.63) is 0 Å². The van der Waals surface area contributed by atoms with Gasteiger partial charge in [-0.05, 0) is 5.41 Å². The molecule has 0 aromatic heterocycles. The van der Waals surface area contributed by atoms with Crippen LogP contribution in [0.1, 0.15) is 20.8 Å². The Hall–Kier alpha value is -0.220. The fourth-order valence-electron chi connectivity index (χ4n) is 0.638. The van der Waals surface area contributed by atoms with Crippen LogP contribution in [0.25, 0.3) is 0 Å². The molecule has 0 aliphatic rings. The Labute approximate surface area is 85.2 Å². The second-order valence-corrected chi connectivity index (χ2v) is 4.31. The van der Waals surface area contributed by atoms with Crippen LogP contribution in [-0.2, 0) is 14.3 Å². The molecular formula is C9H18O3S. The average Bonchev–Trinajstić information content (AvgIpc) is 2.01. The van der Waals surface area contributed by atoms with Gasteiger partial charge in [0.15, 0.2) is 0 Å². The molecule has 0 rings (SSSR count). The van der Waals surface area contributed by atoms with Gasteiger partial charge in [0.25, 0.3) is 0 Å². The number of thiol groups is 1. The highest BCUT2D eigenvalue weighted by atomic mass is 32.1. The number of ether oxygens (including phenoxy) is 2. The Kier molecular flexibility index (Phi) is 6.16. The number of esters is 1. The van der Waals surface area contributed by atoms with E-state index in [0.29, 0.717) is 19.8 Å². The average molecular weight is 206 g/mol. The monoisotopic (exact) mass is 206 g/mol. The van der Waals surface area contributed by atoms with E-state index in [0.717, 1.165) is 0 Å². The lowest BCUT2D eigenvalue weighted by Crippen LogP contribution is -2.18. The number of hydrogen-bond donors (Lipinski definition) is 1. The lowest BCUT2D eigenvalue weighted by atomic mass is 9.99. The zero-order chi connectivity index (χ0) is 10.3. The Morgan fingerprint density at radius 2 is 1.92 bits per heavy atom. The van der Waals surface area contributed by atoms with E-state index in [-0.39, 0.29) is 17.1 Å². The van der Waals surface area contributed by atoms with Crippen molar-refractivity contribution >= 4 is 18.6 Å². The molecule has 0 fully saturated rings. The SMILES string of the molecule is CC(C)(C)COCCOC(=O)CS. The summed E-state index contributed by atoms with van der Waals surface area (Å²) < 4.78 is 10.1. The maximum Gasteiger partial charge on any atom is 0.315 e. The molecule has 0 bridgehead atoms. The molecule has 0 unspecified atom stereocenters. The summed E-state index contributed by atoms with van der Waals surface area (Å²) in [5, 5.41) is 0. The van der Waals surface area contributed by atoms with Crippen LogP contribution in [-0.4, -0.2) is 31.5 Å². The summed E-state index contributed by atoms with van der Waals surface area (Å²) in [6.45, 7) is 7.71. The summed E-state index contributed by atoms with van der Waals surface area (Å²) in [5.74, 6) is -0.179. The number of rotatable bonds is 5. The molecule has 0 saturated carbocycles. The van der Waals surface area contributed by atoms with Crippen molar-refractivity contribution in [2.45, 2.75) is 20.8 Å². The van der Waals surface area contributed by atoms with Crippen LogP contribution in [0.3, 0.4) is 0 Å². The highest BCUT2D eigenvalue weighted by molar-refractivity contribution is 7.81. The van der Waals surface area contributed by atoms with E-state index >= 15 is 0 Å². The molecule has 0 aromatic carbocycles. The maximum atomic E-state index is 10.6. The van der Waals surface area contributed by atoms with Crippen molar-refractivity contribution in [2.24, 2.45) is 5.41 Å². The number of carbonyl (C=O) groups excluding carboxylic acids is 1. The van der Waals surface area contributed by atoms with Crippen LogP contribution >= 0.6 is 12.6 Å². The second kappa shape index (κ2) is 6.27. The van der Waals surface area contributed by atoms with Gasteiger partial charge < -0.3 is 9.47 Å². The van der Waals surface area contributed by atoms with Crippen LogP contribution in [0.5, 0.6) is 0 Å². The van der Waals surface area contributed by atoms with E-state index in [9.17, 15) is 4.79 Å². The lowest BCUT2D eigenvalue weighted by molar-refractivity contribution is -0.142. The molecule has 0 aromatic rings. The van der Waals surface area contributed by atoms with Crippen LogP contribution in [0.2, 0.25) is 0 Å². The molecule has 3 nitrogen and oxygen atoms in total. The van der Waals surface area contributed by atoms with Crippen LogP contribution in [0, 0.1) is 5.41 Å². The summed E-state index contributed by atoms with van der Waals surface area (Å²) in [4.78, 5) is 10.6. The molecule has 0 atom stereocenters. The van der Waals surface area contributed by atoms with Gasteiger partial charge in [-0.2, -0.15) is 12.6 Å². The first-order chi connectivity index (χ1) is 5.95. The minimum Gasteiger partial charge on any atom is -0.463 e. The van der Waals surface area contributed by atoms with Crippen molar-refractivity contribution in [1.82, 2.24) is 0 Å². The van der Waals surface area contributed by atoms with Crippen molar-refractivity contribution in [3.63, 3.8) is 0 Å². The molecule has 0 saturated heterocycles. The van der Waals surface area contributed by atoms with Crippen molar-refractivity contribution in [3.8, 4) is 0 Å². The van der Waals surface area contributed by atoms with E-state index in [1.807, 2.05) is 0 Å². The first-order valence-electron chi connectivity index (χ1n) is 4.30. The van der Waals surface area contributed by atoms with Gasteiger partial charge in [0.2, 0.25) is 0 Å². The molecule has 0 heterocycles. The molecule has 0 N–H and O–H groups in total. The first kappa shape index (κ1) is 12.8. The quantitative estimate of drug-likeness (QED) is 0.421. The maximum absolute atomic E-state index is 10.6. The van der Waals surface area contributed by atoms with Gasteiger partial charge in [-0.15, -0.1) is 0 Å². The zero-order valence-corrected chi connectivity index (χ0v) is 9.39. The second-order valence-electron chi connectivity index (χ2n) is 3.99. The molecule has 13 heavy (non-hydrogen) atoms. The molecule has 0 aliphatic heterocycles. The topological polar surface area (TPSA) is 35.5 Å². The highest BCUT2D eigenvalue weighted by Gasteiger charge is 2.09. The Morgan fingerprint density at radius 1 is 1.31 bits per heavy atom. The largest absolute Gasteiger partial charge is 0.463 e. The predicted molar refractivity (Wildman–Crippen MR) is 55.1 cm³/mol. The van der Waals surface area contributed by atoms with Crippen molar-refractivity contribution in [1.29, 1.82) is 0 Å². The predicted octanol–water partition coefficient (Wildman–Crippen LogP) is 1.52. The molecule has 0 amide bonds. The molecule has 4 heteroatoms. The smallest absolute Gasteiger partial charge is 0.315 e. The third-order valence-electron chi connectivity index (χ3n) is 1.15. The summed E-state index contributed by atoms with van der Waals surface area (Å²) >= 11 is 3.77. The van der Waals surface area contributed by atoms with E-state index in [1.54, 1.807) is 0 Å². The molecule has 0 spiro atoms. The Balaban J connectivity index is 3.22. The van der Waals surface area contributed by atoms with Crippen molar-refractivity contribution < 1.29 is 14.3 Å². The van der Waals surface area contributed by atoms with Gasteiger partial charge in [-0.3, -0.25) is 4.79 Å². The third-order valence-corrected chi connectivity index (χ3v) is 1.41. The van der Waals surface area contributed by atoms with E-state index < -0.39 is 0 Å². The van der Waals surface area contributed by atoms with Gasteiger partial charge >= 0.3 is 5.97 Å². The summed E-state index contributed by atoms with van der Waals surface area (Å²) in [7, 11) is 0. The fraction of sp³-hybridized carbons (Fsp3) is 0.889. The molecule has 78 valence electrons. The van der Waals surface area contributed by atoms with Crippen LogP contribution in [0.4, 0.5) is 0 Å². The summed E-state index contributed by atoms with van der Waals surface area (Å²) in [5.41, 5.74) is 0.160. The summed E-state index contributed by atoms with van der Waals surface area (Å²) in [6.07, 6.45) is 0. The van der Waals surface area contributed by atoms with Gasteiger partial charge in [0, 0.05) is 0 Å². The van der Waals surface area contributed by atoms with Gasteiger partial charge in [0.1, 0.15) is 6.61 Å². The molecular weight excluding hydrogens is 188 g/mol. The minimum absolute atomic E-state index is 0.124. The molecule has 0 radical (unpaired) electrons. The van der Waals surface area contributed by atoms with E-state index in [4.69, 9.17) is 9.47 Å². The van der Waals surface area contributed by atoms with E-state index in [2.05, 4.69) is 33.4 Å². The summed E-state index contributed by atoms with van der Waals surface area (Å²) in [6, 6.07) is 0. The van der Waals surface area contributed by atoms with Crippen LogP contribution < -0.4 is 0 Å². The minimum atomic E-state index is -0.303. The first-order valence-corrected chi connectivity index (χ1v) is 4.93. The number of carbonyl (C=O) groups is 1. The van der Waals surface area contributed by atoms with Gasteiger partial charge in [-0.25, -0.2) is 0 Å². The third kappa shape index (κ3) is 9.70.